The molecule has 0 saturated carbocycles. The van der Waals surface area contributed by atoms with Crippen LogP contribution in [0.5, 0.6) is 0 Å². The van der Waals surface area contributed by atoms with Crippen LogP contribution in [0.3, 0.4) is 0 Å². The van der Waals surface area contributed by atoms with Crippen molar-refractivity contribution in [1.82, 2.24) is 4.67 Å². The molecule has 1 atom stereocenters. The average molecular weight is 267 g/mol. The molecule has 0 amide bonds. The Bertz CT molecular complexity index is 368. The first-order valence-electron chi connectivity index (χ1n) is 6.70. The normalized spacial score (nSPS) is 25.6. The number of piperidine rings is 1. The minimum absolute atomic E-state index is 0.215. The van der Waals surface area contributed by atoms with Crippen LogP contribution in [0, 0.1) is 5.41 Å². The molecule has 18 heavy (non-hydrogen) atoms. The van der Waals surface area contributed by atoms with Crippen molar-refractivity contribution in [3.05, 3.63) is 23.8 Å². The molecule has 0 aromatic heterocycles. The van der Waals surface area contributed by atoms with Crippen molar-refractivity contribution in [2.45, 2.75) is 32.6 Å². The fourth-order valence-electron chi connectivity index (χ4n) is 2.69. The highest BCUT2D eigenvalue weighted by Gasteiger charge is 2.32. The Balaban J connectivity index is 1.97. The minimum atomic E-state index is -0.215. The van der Waals surface area contributed by atoms with Gasteiger partial charge in [-0.1, -0.05) is 21.5 Å². The maximum atomic E-state index is 11.4. The number of carbonyl (C=O) groups excluding carboxylic acids is 1. The second-order valence-corrected chi connectivity index (χ2v) is 5.93. The highest BCUT2D eigenvalue weighted by molar-refractivity contribution is 7.13. The molecule has 0 aromatic rings. The quantitative estimate of drug-likeness (QED) is 0.437. The number of hydrogen-bond acceptors (Lipinski definition) is 3. The van der Waals surface area contributed by atoms with Crippen molar-refractivity contribution in [3.8, 4) is 0 Å². The number of carbonyl (C=O) groups is 1. The number of ether oxygens (including phenoxy) is 1. The standard InChI is InChI=1S/C14H22NO2P/c1-2-17-13(16)11-12-3-5-14(6-4-12)7-9-15(18)10-8-14/h3,5,11H,2,4,6-10,18H2,1H3/b12-11-. The zero-order valence-electron chi connectivity index (χ0n) is 11.0. The van der Waals surface area contributed by atoms with Crippen molar-refractivity contribution < 1.29 is 9.53 Å². The van der Waals surface area contributed by atoms with Gasteiger partial charge >= 0.3 is 5.97 Å². The summed E-state index contributed by atoms with van der Waals surface area (Å²) >= 11 is 0. The van der Waals surface area contributed by atoms with E-state index in [4.69, 9.17) is 4.74 Å². The molecule has 1 unspecified atom stereocenters. The molecular formula is C14H22NO2P. The van der Waals surface area contributed by atoms with Gasteiger partial charge in [-0.2, -0.15) is 0 Å². The number of nitrogens with zero attached hydrogens (tertiary/aromatic N) is 1. The molecule has 1 saturated heterocycles. The molecular weight excluding hydrogens is 245 g/mol. The van der Waals surface area contributed by atoms with Gasteiger partial charge in [-0.05, 0) is 43.6 Å². The van der Waals surface area contributed by atoms with E-state index in [1.165, 1.54) is 12.8 Å². The summed E-state index contributed by atoms with van der Waals surface area (Å²) in [4.78, 5) is 11.4. The van der Waals surface area contributed by atoms with Crippen LogP contribution in [-0.2, 0) is 9.53 Å². The molecule has 0 N–H and O–H groups in total. The molecule has 1 aliphatic heterocycles. The first-order chi connectivity index (χ1) is 8.63. The Labute approximate surface area is 112 Å². The smallest absolute Gasteiger partial charge is 0.331 e. The Morgan fingerprint density at radius 2 is 2.22 bits per heavy atom. The number of rotatable bonds is 2. The van der Waals surface area contributed by atoms with Crippen molar-refractivity contribution in [1.29, 1.82) is 0 Å². The molecule has 0 radical (unpaired) electrons. The molecule has 2 aliphatic rings. The van der Waals surface area contributed by atoms with Gasteiger partial charge in [0.05, 0.1) is 6.61 Å². The van der Waals surface area contributed by atoms with Gasteiger partial charge in [-0.15, -0.1) is 0 Å². The van der Waals surface area contributed by atoms with Crippen LogP contribution >= 0.6 is 9.39 Å². The zero-order chi connectivity index (χ0) is 13.0. The fourth-order valence-corrected chi connectivity index (χ4v) is 2.94. The molecule has 4 heteroatoms. The lowest BCUT2D eigenvalue weighted by atomic mass is 9.71. The van der Waals surface area contributed by atoms with E-state index in [0.29, 0.717) is 12.0 Å². The summed E-state index contributed by atoms with van der Waals surface area (Å²) in [5.41, 5.74) is 1.48. The molecule has 0 aromatic carbocycles. The summed E-state index contributed by atoms with van der Waals surface area (Å²) in [6.45, 7) is 4.57. The lowest BCUT2D eigenvalue weighted by Gasteiger charge is -2.40. The summed E-state index contributed by atoms with van der Waals surface area (Å²) in [5, 5.41) is 0. The largest absolute Gasteiger partial charge is 0.463 e. The topological polar surface area (TPSA) is 29.5 Å². The van der Waals surface area contributed by atoms with Gasteiger partial charge in [0.1, 0.15) is 0 Å². The molecule has 1 fully saturated rings. The second kappa shape index (κ2) is 5.99. The van der Waals surface area contributed by atoms with Crippen LogP contribution in [0.4, 0.5) is 0 Å². The summed E-state index contributed by atoms with van der Waals surface area (Å²) in [6, 6.07) is 0. The highest BCUT2D eigenvalue weighted by atomic mass is 31.0. The third-order valence-corrected chi connectivity index (χ3v) is 4.46. The molecule has 1 heterocycles. The van der Waals surface area contributed by atoms with E-state index >= 15 is 0 Å². The maximum Gasteiger partial charge on any atom is 0.331 e. The summed E-state index contributed by atoms with van der Waals surface area (Å²) in [5.74, 6) is -0.215. The van der Waals surface area contributed by atoms with Crippen molar-refractivity contribution in [2.24, 2.45) is 5.41 Å². The molecule has 2 rings (SSSR count). The van der Waals surface area contributed by atoms with Crippen molar-refractivity contribution in [3.63, 3.8) is 0 Å². The van der Waals surface area contributed by atoms with Gasteiger partial charge in [0.2, 0.25) is 0 Å². The third kappa shape index (κ3) is 3.43. The zero-order valence-corrected chi connectivity index (χ0v) is 12.2. The predicted octanol–water partition coefficient (Wildman–Crippen LogP) is 2.70. The van der Waals surface area contributed by atoms with E-state index < -0.39 is 0 Å². The first-order valence-corrected chi connectivity index (χ1v) is 7.21. The van der Waals surface area contributed by atoms with Gasteiger partial charge < -0.3 is 4.74 Å². The maximum absolute atomic E-state index is 11.4. The average Bonchev–Trinajstić information content (AvgIpc) is 2.37. The summed E-state index contributed by atoms with van der Waals surface area (Å²) < 4.78 is 7.25. The lowest BCUT2D eigenvalue weighted by molar-refractivity contribution is -0.137. The Morgan fingerprint density at radius 3 is 2.78 bits per heavy atom. The van der Waals surface area contributed by atoms with Crippen LogP contribution in [-0.4, -0.2) is 30.3 Å². The minimum Gasteiger partial charge on any atom is -0.463 e. The van der Waals surface area contributed by atoms with Crippen molar-refractivity contribution >= 4 is 15.4 Å². The highest BCUT2D eigenvalue weighted by Crippen LogP contribution is 2.42. The van der Waals surface area contributed by atoms with Gasteiger partial charge in [0.25, 0.3) is 0 Å². The molecule has 100 valence electrons. The third-order valence-electron chi connectivity index (χ3n) is 3.95. The van der Waals surface area contributed by atoms with Crippen LogP contribution in [0.25, 0.3) is 0 Å². The summed E-state index contributed by atoms with van der Waals surface area (Å²) in [6.07, 6.45) is 10.7. The Morgan fingerprint density at radius 1 is 1.50 bits per heavy atom. The summed E-state index contributed by atoms with van der Waals surface area (Å²) in [7, 11) is 2.79. The van der Waals surface area contributed by atoms with E-state index in [-0.39, 0.29) is 5.97 Å². The first kappa shape index (κ1) is 13.8. The number of allylic oxidation sites excluding steroid dienone is 3. The van der Waals surface area contributed by atoms with Crippen LogP contribution < -0.4 is 0 Å². The van der Waals surface area contributed by atoms with E-state index in [1.807, 2.05) is 6.92 Å². The van der Waals surface area contributed by atoms with E-state index in [1.54, 1.807) is 6.08 Å². The molecule has 1 spiro atoms. The molecule has 3 nitrogen and oxygen atoms in total. The number of hydrogen-bond donors (Lipinski definition) is 0. The molecule has 0 bridgehead atoms. The predicted molar refractivity (Wildman–Crippen MR) is 76.0 cm³/mol. The van der Waals surface area contributed by atoms with Crippen molar-refractivity contribution in [2.75, 3.05) is 19.7 Å². The van der Waals surface area contributed by atoms with Gasteiger partial charge in [0, 0.05) is 19.2 Å². The van der Waals surface area contributed by atoms with Gasteiger partial charge in [0.15, 0.2) is 0 Å². The lowest BCUT2D eigenvalue weighted by Crippen LogP contribution is -2.35. The Hall–Kier alpha value is -0.660. The van der Waals surface area contributed by atoms with E-state index in [2.05, 4.69) is 26.2 Å². The van der Waals surface area contributed by atoms with Gasteiger partial charge in [-0.25, -0.2) is 4.79 Å². The van der Waals surface area contributed by atoms with Crippen LogP contribution in [0.1, 0.15) is 32.6 Å². The van der Waals surface area contributed by atoms with E-state index in [0.717, 1.165) is 31.5 Å². The monoisotopic (exact) mass is 267 g/mol. The molecule has 1 aliphatic carbocycles. The van der Waals surface area contributed by atoms with Gasteiger partial charge in [-0.3, -0.25) is 4.67 Å². The SMILES string of the molecule is CCOC(=O)/C=C1/C=CC2(CC1)CCN(P)CC2. The van der Waals surface area contributed by atoms with E-state index in [9.17, 15) is 4.79 Å². The number of esters is 1. The Kier molecular flexibility index (Phi) is 4.58. The van der Waals surface area contributed by atoms with Crippen LogP contribution in [0.2, 0.25) is 0 Å². The fraction of sp³-hybridized carbons (Fsp3) is 0.643. The second-order valence-electron chi connectivity index (χ2n) is 5.20. The van der Waals surface area contributed by atoms with Crippen LogP contribution in [0.15, 0.2) is 23.8 Å².